The average molecular weight is 239 g/mol. The highest BCUT2D eigenvalue weighted by atomic mass is 15.4. The van der Waals surface area contributed by atoms with Gasteiger partial charge in [-0.3, -0.25) is 10.9 Å². The van der Waals surface area contributed by atoms with Crippen molar-refractivity contribution in [3.05, 3.63) is 60.2 Å². The van der Waals surface area contributed by atoms with Crippen molar-refractivity contribution in [1.29, 1.82) is 0 Å². The zero-order valence-electron chi connectivity index (χ0n) is 10.6. The van der Waals surface area contributed by atoms with Gasteiger partial charge in [0.1, 0.15) is 5.84 Å². The quantitative estimate of drug-likeness (QED) is 0.487. The predicted molar refractivity (Wildman–Crippen MR) is 77.1 cm³/mol. The molecule has 92 valence electrons. The summed E-state index contributed by atoms with van der Waals surface area (Å²) in [6.07, 6.45) is 0. The van der Waals surface area contributed by atoms with Crippen molar-refractivity contribution in [2.45, 2.75) is 13.8 Å². The maximum Gasteiger partial charge on any atom is 0.117 e. The Morgan fingerprint density at radius 2 is 1.61 bits per heavy atom. The number of aliphatic imine (C=N–C) groups is 1. The Hall–Kier alpha value is -2.29. The van der Waals surface area contributed by atoms with Crippen LogP contribution in [0, 0.1) is 6.92 Å². The third-order valence-electron chi connectivity index (χ3n) is 2.49. The van der Waals surface area contributed by atoms with Gasteiger partial charge in [0.25, 0.3) is 0 Å². The normalized spacial score (nSPS) is 11.1. The number of rotatable bonds is 3. The van der Waals surface area contributed by atoms with E-state index in [1.54, 1.807) is 0 Å². The molecule has 0 amide bonds. The molecule has 3 nitrogen and oxygen atoms in total. The summed E-state index contributed by atoms with van der Waals surface area (Å²) in [6.45, 7) is 3.99. The Bertz CT molecular complexity index is 515. The van der Waals surface area contributed by atoms with Crippen molar-refractivity contribution < 1.29 is 0 Å². The molecule has 0 aromatic heterocycles. The lowest BCUT2D eigenvalue weighted by molar-refractivity contribution is 1.10. The second-order valence-electron chi connectivity index (χ2n) is 4.15. The molecule has 0 aliphatic heterocycles. The van der Waals surface area contributed by atoms with Gasteiger partial charge in [0.05, 0.1) is 11.4 Å². The van der Waals surface area contributed by atoms with E-state index in [4.69, 9.17) is 0 Å². The van der Waals surface area contributed by atoms with E-state index in [0.717, 1.165) is 17.2 Å². The van der Waals surface area contributed by atoms with E-state index in [1.807, 2.05) is 49.4 Å². The van der Waals surface area contributed by atoms with E-state index >= 15 is 0 Å². The van der Waals surface area contributed by atoms with Gasteiger partial charge in [-0.15, -0.1) is 0 Å². The minimum atomic E-state index is 0.822. The number of nitrogens with one attached hydrogen (secondary N) is 2. The summed E-state index contributed by atoms with van der Waals surface area (Å²) in [7, 11) is 0. The van der Waals surface area contributed by atoms with Gasteiger partial charge in [0.15, 0.2) is 0 Å². The number of hydrazine groups is 1. The van der Waals surface area contributed by atoms with Crippen LogP contribution in [-0.2, 0) is 0 Å². The molecular weight excluding hydrogens is 222 g/mol. The van der Waals surface area contributed by atoms with Crippen LogP contribution in [0.1, 0.15) is 12.5 Å². The van der Waals surface area contributed by atoms with Crippen molar-refractivity contribution in [2.75, 3.05) is 5.43 Å². The zero-order valence-corrected chi connectivity index (χ0v) is 10.6. The van der Waals surface area contributed by atoms with Gasteiger partial charge in [-0.1, -0.05) is 35.9 Å². The number of aryl methyl sites for hydroxylation is 1. The predicted octanol–water partition coefficient (Wildman–Crippen LogP) is 3.66. The average Bonchev–Trinajstić information content (AvgIpc) is 2.40. The summed E-state index contributed by atoms with van der Waals surface area (Å²) in [5.74, 6) is 0.822. The van der Waals surface area contributed by atoms with Gasteiger partial charge in [-0.05, 0) is 38.1 Å². The van der Waals surface area contributed by atoms with E-state index in [1.165, 1.54) is 5.56 Å². The molecule has 2 rings (SSSR count). The van der Waals surface area contributed by atoms with Crippen LogP contribution < -0.4 is 10.9 Å². The number of hydrogen-bond acceptors (Lipinski definition) is 2. The minimum Gasteiger partial charge on any atom is -0.300 e. The third kappa shape index (κ3) is 3.63. The topological polar surface area (TPSA) is 36.4 Å². The molecule has 2 aromatic carbocycles. The lowest BCUT2D eigenvalue weighted by Gasteiger charge is -2.08. The van der Waals surface area contributed by atoms with E-state index in [0.29, 0.717) is 0 Å². The number of benzene rings is 2. The number of hydrogen-bond donors (Lipinski definition) is 2. The van der Waals surface area contributed by atoms with Crippen molar-refractivity contribution in [3.63, 3.8) is 0 Å². The molecule has 0 aliphatic rings. The van der Waals surface area contributed by atoms with Crippen molar-refractivity contribution >= 4 is 17.2 Å². The molecule has 0 saturated heterocycles. The fourth-order valence-corrected chi connectivity index (χ4v) is 1.53. The highest BCUT2D eigenvalue weighted by Gasteiger charge is 1.93. The highest BCUT2D eigenvalue weighted by molar-refractivity contribution is 5.83. The summed E-state index contributed by atoms with van der Waals surface area (Å²) in [5, 5.41) is 0. The molecule has 18 heavy (non-hydrogen) atoms. The Labute approximate surface area is 108 Å². The van der Waals surface area contributed by atoms with Gasteiger partial charge in [0.2, 0.25) is 0 Å². The second-order valence-corrected chi connectivity index (χ2v) is 4.15. The van der Waals surface area contributed by atoms with Crippen LogP contribution in [0.3, 0.4) is 0 Å². The SMILES string of the molecule is CC(=Nc1ccc(C)cc1)NNc1ccccc1. The summed E-state index contributed by atoms with van der Waals surface area (Å²) < 4.78 is 0. The van der Waals surface area contributed by atoms with Crippen LogP contribution in [0.5, 0.6) is 0 Å². The van der Waals surface area contributed by atoms with Gasteiger partial charge in [-0.2, -0.15) is 0 Å². The molecule has 0 heterocycles. The molecule has 0 fully saturated rings. The number of anilines is 1. The van der Waals surface area contributed by atoms with E-state index < -0.39 is 0 Å². The maximum absolute atomic E-state index is 4.46. The van der Waals surface area contributed by atoms with Crippen LogP contribution in [0.25, 0.3) is 0 Å². The molecule has 0 bridgehead atoms. The molecule has 0 spiro atoms. The molecule has 0 saturated carbocycles. The van der Waals surface area contributed by atoms with Crippen molar-refractivity contribution in [1.82, 2.24) is 5.43 Å². The first-order chi connectivity index (χ1) is 8.74. The van der Waals surface area contributed by atoms with Crippen LogP contribution in [0.4, 0.5) is 11.4 Å². The first-order valence-electron chi connectivity index (χ1n) is 5.93. The standard InChI is InChI=1S/C15H17N3/c1-12-8-10-14(11-9-12)16-13(2)17-18-15-6-4-3-5-7-15/h3-11,18H,1-2H3,(H,16,17). The molecular formula is C15H17N3. The minimum absolute atomic E-state index is 0.822. The molecule has 0 unspecified atom stereocenters. The number of amidine groups is 1. The molecule has 0 aliphatic carbocycles. The summed E-state index contributed by atoms with van der Waals surface area (Å²) in [6, 6.07) is 18.0. The fraction of sp³-hybridized carbons (Fsp3) is 0.133. The van der Waals surface area contributed by atoms with Crippen molar-refractivity contribution in [2.24, 2.45) is 4.99 Å². The smallest absolute Gasteiger partial charge is 0.117 e. The maximum atomic E-state index is 4.46. The van der Waals surface area contributed by atoms with Gasteiger partial charge >= 0.3 is 0 Å². The molecule has 3 heteroatoms. The Morgan fingerprint density at radius 1 is 0.944 bits per heavy atom. The summed E-state index contributed by atoms with van der Waals surface area (Å²) in [5.41, 5.74) is 9.35. The summed E-state index contributed by atoms with van der Waals surface area (Å²) >= 11 is 0. The summed E-state index contributed by atoms with van der Waals surface area (Å²) in [4.78, 5) is 4.46. The van der Waals surface area contributed by atoms with E-state index in [2.05, 4.69) is 34.9 Å². The molecule has 2 N–H and O–H groups in total. The van der Waals surface area contributed by atoms with Crippen LogP contribution >= 0.6 is 0 Å². The monoisotopic (exact) mass is 239 g/mol. The van der Waals surface area contributed by atoms with Crippen molar-refractivity contribution in [3.8, 4) is 0 Å². The molecule has 0 radical (unpaired) electrons. The van der Waals surface area contributed by atoms with Crippen LogP contribution in [0.15, 0.2) is 59.6 Å². The van der Waals surface area contributed by atoms with Crippen LogP contribution in [0.2, 0.25) is 0 Å². The fourth-order valence-electron chi connectivity index (χ4n) is 1.53. The van der Waals surface area contributed by atoms with E-state index in [-0.39, 0.29) is 0 Å². The largest absolute Gasteiger partial charge is 0.300 e. The van der Waals surface area contributed by atoms with Gasteiger partial charge in [-0.25, -0.2) is 4.99 Å². The van der Waals surface area contributed by atoms with Gasteiger partial charge in [0, 0.05) is 0 Å². The first kappa shape index (κ1) is 12.2. The number of para-hydroxylation sites is 1. The Kier molecular flexibility index (Phi) is 3.97. The number of nitrogens with zero attached hydrogens (tertiary/aromatic N) is 1. The van der Waals surface area contributed by atoms with E-state index in [9.17, 15) is 0 Å². The molecule has 2 aromatic rings. The third-order valence-corrected chi connectivity index (χ3v) is 2.49. The zero-order chi connectivity index (χ0) is 12.8. The molecule has 0 atom stereocenters. The second kappa shape index (κ2) is 5.87. The van der Waals surface area contributed by atoms with Crippen LogP contribution in [-0.4, -0.2) is 5.84 Å². The lowest BCUT2D eigenvalue weighted by Crippen LogP contribution is -2.26. The van der Waals surface area contributed by atoms with Gasteiger partial charge < -0.3 is 0 Å². The first-order valence-corrected chi connectivity index (χ1v) is 5.93. The Morgan fingerprint density at radius 3 is 2.28 bits per heavy atom. The Balaban J connectivity index is 1.95. The lowest BCUT2D eigenvalue weighted by atomic mass is 10.2. The highest BCUT2D eigenvalue weighted by Crippen LogP contribution is 2.12.